The van der Waals surface area contributed by atoms with Crippen LogP contribution in [0, 0.1) is 24.2 Å². The van der Waals surface area contributed by atoms with Crippen LogP contribution in [0.4, 0.5) is 17.5 Å². The van der Waals surface area contributed by atoms with Crippen molar-refractivity contribution in [2.45, 2.75) is 117 Å². The highest BCUT2D eigenvalue weighted by Crippen LogP contribution is 2.36. The van der Waals surface area contributed by atoms with Gasteiger partial charge in [0.05, 0.1) is 33.6 Å². The van der Waals surface area contributed by atoms with Crippen LogP contribution in [-0.4, -0.2) is 108 Å². The number of carbonyl (C=O) groups excluding carboxylic acids is 3. The predicted molar refractivity (Wildman–Crippen MR) is 260 cm³/mol. The van der Waals surface area contributed by atoms with E-state index in [1.807, 2.05) is 82.0 Å². The molecule has 3 aliphatic rings. The van der Waals surface area contributed by atoms with Crippen molar-refractivity contribution in [3.63, 3.8) is 0 Å². The largest absolute Gasteiger partial charge is 0.507 e. The molecular weight excluding hydrogens is 867 g/mol. The second kappa shape index (κ2) is 20.0. The van der Waals surface area contributed by atoms with Crippen molar-refractivity contribution in [1.29, 1.82) is 0 Å². The summed E-state index contributed by atoms with van der Waals surface area (Å²) in [7, 11) is 0. The Bertz CT molecular complexity index is 2530. The third-order valence-electron chi connectivity index (χ3n) is 13.6. The Morgan fingerprint density at radius 3 is 2.22 bits per heavy atom. The lowest BCUT2D eigenvalue weighted by Crippen LogP contribution is -2.58. The Kier molecular flexibility index (Phi) is 14.1. The molecule has 3 aromatic heterocycles. The van der Waals surface area contributed by atoms with Crippen molar-refractivity contribution < 1.29 is 24.6 Å². The number of nitrogen functional groups attached to an aromatic ring is 1. The number of amides is 3. The number of carbonyl (C=O) groups is 3. The van der Waals surface area contributed by atoms with Gasteiger partial charge in [-0.05, 0) is 99.1 Å². The highest BCUT2D eigenvalue weighted by molar-refractivity contribution is 7.13. The number of hydrogen-bond donors (Lipinski definition) is 5. The summed E-state index contributed by atoms with van der Waals surface area (Å²) in [5.41, 5.74) is 13.4. The lowest BCUT2D eigenvalue weighted by atomic mass is 9.78. The number of aromatic nitrogens is 5. The van der Waals surface area contributed by atoms with Crippen molar-refractivity contribution >= 4 is 46.5 Å². The van der Waals surface area contributed by atoms with E-state index < -0.39 is 23.6 Å². The minimum atomic E-state index is -0.876. The molecule has 2 aliphatic heterocycles. The second-order valence-electron chi connectivity index (χ2n) is 19.7. The van der Waals surface area contributed by atoms with Crippen LogP contribution in [0.15, 0.2) is 72.5 Å². The molecule has 8 rings (SSSR count). The fourth-order valence-electron chi connectivity index (χ4n) is 9.97. The summed E-state index contributed by atoms with van der Waals surface area (Å²) in [5, 5.41) is 35.7. The van der Waals surface area contributed by atoms with Gasteiger partial charge in [0, 0.05) is 68.6 Å². The number of likely N-dealkylation sites (tertiary alicyclic amines) is 1. The first kappa shape index (κ1) is 47.3. The minimum Gasteiger partial charge on any atom is -0.507 e. The lowest BCUT2D eigenvalue weighted by Gasteiger charge is -2.45. The van der Waals surface area contributed by atoms with Gasteiger partial charge >= 0.3 is 0 Å². The monoisotopic (exact) mass is 929 g/mol. The van der Waals surface area contributed by atoms with Gasteiger partial charge in [-0.3, -0.25) is 14.4 Å². The number of aliphatic hydroxyl groups excluding tert-OH is 1. The van der Waals surface area contributed by atoms with E-state index in [0.29, 0.717) is 54.9 Å². The first-order chi connectivity index (χ1) is 32.0. The van der Waals surface area contributed by atoms with Crippen LogP contribution in [-0.2, 0) is 27.3 Å². The quantitative estimate of drug-likeness (QED) is 0.0985. The zero-order chi connectivity index (χ0) is 47.6. The average molecular weight is 930 g/mol. The van der Waals surface area contributed by atoms with E-state index in [4.69, 9.17) is 15.7 Å². The molecule has 67 heavy (non-hydrogen) atoms. The molecule has 17 heteroatoms. The van der Waals surface area contributed by atoms with Crippen LogP contribution in [0.2, 0.25) is 0 Å². The summed E-state index contributed by atoms with van der Waals surface area (Å²) in [6, 6.07) is 15.3. The van der Waals surface area contributed by atoms with Crippen LogP contribution in [0.3, 0.4) is 0 Å². The summed E-state index contributed by atoms with van der Waals surface area (Å²) in [4.78, 5) is 62.7. The highest BCUT2D eigenvalue weighted by atomic mass is 32.1. The summed E-state index contributed by atoms with van der Waals surface area (Å²) >= 11 is 1.58. The van der Waals surface area contributed by atoms with E-state index in [9.17, 15) is 24.6 Å². The normalized spacial score (nSPS) is 22.6. The number of aromatic hydroxyl groups is 1. The number of benzene rings is 2. The molecule has 0 spiro atoms. The Labute approximate surface area is 396 Å². The molecule has 354 valence electrons. The first-order valence-electron chi connectivity index (χ1n) is 23.4. The zero-order valence-electron chi connectivity index (χ0n) is 39.2. The average Bonchev–Trinajstić information content (AvgIpc) is 3.93. The van der Waals surface area contributed by atoms with Gasteiger partial charge in [0.25, 0.3) is 0 Å². The molecule has 2 saturated heterocycles. The topological polar surface area (TPSA) is 216 Å². The summed E-state index contributed by atoms with van der Waals surface area (Å²) in [6.07, 6.45) is 7.04. The number of thiazole rings is 1. The van der Waals surface area contributed by atoms with Crippen molar-refractivity contribution in [2.24, 2.45) is 17.3 Å². The minimum absolute atomic E-state index is 0.0240. The van der Waals surface area contributed by atoms with E-state index in [-0.39, 0.29) is 61.0 Å². The molecule has 0 bridgehead atoms. The maximum absolute atomic E-state index is 14.3. The van der Waals surface area contributed by atoms with E-state index >= 15 is 0 Å². The maximum Gasteiger partial charge on any atom is 0.246 e. The van der Waals surface area contributed by atoms with Gasteiger partial charge in [-0.1, -0.05) is 57.2 Å². The molecule has 0 radical (unpaired) electrons. The molecule has 6 N–H and O–H groups in total. The number of piperazine rings is 1. The molecule has 2 aromatic carbocycles. The van der Waals surface area contributed by atoms with E-state index in [1.54, 1.807) is 29.5 Å². The van der Waals surface area contributed by atoms with Crippen LogP contribution < -0.4 is 26.2 Å². The number of anilines is 3. The number of aryl methyl sites for hydroxylation is 1. The number of hydrogen-bond acceptors (Lipinski definition) is 14. The van der Waals surface area contributed by atoms with Crippen molar-refractivity contribution in [3.05, 3.63) is 89.3 Å². The Morgan fingerprint density at radius 1 is 0.896 bits per heavy atom. The molecule has 1 aliphatic carbocycles. The van der Waals surface area contributed by atoms with E-state index in [1.165, 1.54) is 4.90 Å². The second-order valence-corrected chi connectivity index (χ2v) is 20.6. The van der Waals surface area contributed by atoms with Gasteiger partial charge in [-0.2, -0.15) is 0 Å². The van der Waals surface area contributed by atoms with Gasteiger partial charge < -0.3 is 41.3 Å². The SMILES string of the molecule is Cc1ncsc1-c1ccc(CNC(=O)[C@@H]2C[C@@H](O)CN2C(=O)[C@@H](NC(=O)C2CCC(Cc3cnc(N4C(C)CN(c5cc(-c6ccccc6O)nnc5N)CC4C)nc3)CC2)C(C)(C)C)cc1. The molecule has 1 saturated carbocycles. The van der Waals surface area contributed by atoms with Crippen LogP contribution in [0.5, 0.6) is 5.75 Å². The van der Waals surface area contributed by atoms with Crippen molar-refractivity contribution in [1.82, 2.24) is 40.7 Å². The van der Waals surface area contributed by atoms with E-state index in [0.717, 1.165) is 52.2 Å². The summed E-state index contributed by atoms with van der Waals surface area (Å²) in [6.45, 7) is 13.6. The standard InChI is InChI=1S/C50H63N11O5S/c1-29-25-59(40-21-39(57-58-45(40)51)38-9-7-8-10-42(38)63)26-30(2)61(29)49-53-23-34(24-54-49)19-32-11-17-36(18-12-32)46(64)56-44(50(4,5)6)48(66)60-27-37(62)20-41(60)47(65)52-22-33-13-15-35(16-14-33)43-31(3)55-28-67-43/h7-10,13-16,21,23-24,28-30,32,36-37,41,44,62-63H,11-12,17-20,22,25-27H2,1-6H3,(H2,51,58)(H,52,65)(H,56,64)/t29?,30?,32?,36?,37-,41+,44-/m1/s1. The molecule has 5 aromatic rings. The Morgan fingerprint density at radius 2 is 1.58 bits per heavy atom. The number of rotatable bonds is 12. The number of phenolic OH excluding ortho intramolecular Hbond substituents is 1. The Balaban J connectivity index is 0.823. The zero-order valence-corrected chi connectivity index (χ0v) is 40.0. The maximum atomic E-state index is 14.3. The van der Waals surface area contributed by atoms with Crippen molar-refractivity contribution in [3.8, 4) is 27.4 Å². The van der Waals surface area contributed by atoms with Crippen molar-refractivity contribution in [2.75, 3.05) is 35.2 Å². The molecule has 5 atom stereocenters. The number of aliphatic hydroxyl groups is 1. The Hall–Kier alpha value is -6.20. The van der Waals surface area contributed by atoms with E-state index in [2.05, 4.69) is 49.5 Å². The third kappa shape index (κ3) is 10.7. The first-order valence-corrected chi connectivity index (χ1v) is 24.2. The lowest BCUT2D eigenvalue weighted by molar-refractivity contribution is -0.144. The number of para-hydroxylation sites is 1. The van der Waals surface area contributed by atoms with Gasteiger partial charge in [0.1, 0.15) is 17.8 Å². The number of nitrogens with zero attached hydrogens (tertiary/aromatic N) is 8. The predicted octanol–water partition coefficient (Wildman–Crippen LogP) is 5.91. The highest BCUT2D eigenvalue weighted by Gasteiger charge is 2.45. The summed E-state index contributed by atoms with van der Waals surface area (Å²) < 4.78 is 0. The fourth-order valence-corrected chi connectivity index (χ4v) is 10.8. The van der Waals surface area contributed by atoms with Gasteiger partial charge in [-0.15, -0.1) is 21.5 Å². The summed E-state index contributed by atoms with van der Waals surface area (Å²) in [5.74, 6) is 0.415. The van der Waals surface area contributed by atoms with Crippen LogP contribution >= 0.6 is 11.3 Å². The molecule has 3 amide bonds. The van der Waals surface area contributed by atoms with Crippen LogP contribution in [0.1, 0.15) is 83.5 Å². The van der Waals surface area contributed by atoms with Gasteiger partial charge in [0.15, 0.2) is 5.82 Å². The molecule has 16 nitrogen and oxygen atoms in total. The fraction of sp³-hybridized carbons (Fsp3) is 0.480. The number of nitrogens with one attached hydrogen (secondary N) is 2. The number of phenols is 1. The molecular formula is C50H63N11O5S. The number of β-amino-alcohol motifs (C(OH)–C–C–N with tert-alkyl or cyclic N) is 1. The molecule has 5 heterocycles. The van der Waals surface area contributed by atoms with Gasteiger partial charge in [-0.25, -0.2) is 15.0 Å². The third-order valence-corrected chi connectivity index (χ3v) is 14.6. The molecule has 2 unspecified atom stereocenters. The number of nitrogens with two attached hydrogens (primary N) is 1. The molecule has 3 fully saturated rings. The van der Waals surface area contributed by atoms with Gasteiger partial charge in [0.2, 0.25) is 23.7 Å². The van der Waals surface area contributed by atoms with Crippen LogP contribution in [0.25, 0.3) is 21.7 Å². The smallest absolute Gasteiger partial charge is 0.246 e.